The number of halogens is 1. The Morgan fingerprint density at radius 2 is 1.77 bits per heavy atom. The third kappa shape index (κ3) is 6.22. The van der Waals surface area contributed by atoms with Gasteiger partial charge in [-0.05, 0) is 36.4 Å². The monoisotopic (exact) mass is 458 g/mol. The van der Waals surface area contributed by atoms with Crippen LogP contribution in [-0.4, -0.2) is 71.0 Å². The molecule has 0 N–H and O–H groups in total. The van der Waals surface area contributed by atoms with Gasteiger partial charge in [0.2, 0.25) is 11.8 Å². The molecule has 9 heteroatoms. The lowest BCUT2D eigenvalue weighted by molar-refractivity contribution is -0.130. The van der Waals surface area contributed by atoms with Gasteiger partial charge in [-0.2, -0.15) is 0 Å². The van der Waals surface area contributed by atoms with Gasteiger partial charge in [-0.25, -0.2) is 0 Å². The Labute approximate surface area is 190 Å². The van der Waals surface area contributed by atoms with Gasteiger partial charge in [0.05, 0.1) is 5.75 Å². The van der Waals surface area contributed by atoms with Crippen LogP contribution in [0.3, 0.4) is 0 Å². The summed E-state index contributed by atoms with van der Waals surface area (Å²) < 4.78 is 11.4. The first kappa shape index (κ1) is 21.7. The molecule has 2 heterocycles. The van der Waals surface area contributed by atoms with Crippen molar-refractivity contribution >= 4 is 29.3 Å². The van der Waals surface area contributed by atoms with Crippen molar-refractivity contribution in [2.24, 2.45) is 0 Å². The predicted octanol–water partition coefficient (Wildman–Crippen LogP) is 3.71. The fraction of sp³-hybridized carbons (Fsp3) is 0.318. The van der Waals surface area contributed by atoms with Crippen molar-refractivity contribution in [1.82, 2.24) is 20.0 Å². The first-order valence-corrected chi connectivity index (χ1v) is 11.4. The second kappa shape index (κ2) is 10.7. The summed E-state index contributed by atoms with van der Waals surface area (Å²) in [7, 11) is 0. The highest BCUT2D eigenvalue weighted by molar-refractivity contribution is 7.99. The minimum absolute atomic E-state index is 0.0800. The Morgan fingerprint density at radius 1 is 1.03 bits per heavy atom. The number of amides is 1. The molecule has 2 aromatic carbocycles. The van der Waals surface area contributed by atoms with Crippen molar-refractivity contribution in [3.05, 3.63) is 59.6 Å². The molecule has 1 aliphatic heterocycles. The van der Waals surface area contributed by atoms with E-state index in [1.807, 2.05) is 47.4 Å². The maximum absolute atomic E-state index is 12.5. The maximum Gasteiger partial charge on any atom is 0.277 e. The summed E-state index contributed by atoms with van der Waals surface area (Å²) in [6.07, 6.45) is 0. The van der Waals surface area contributed by atoms with Crippen molar-refractivity contribution in [2.75, 3.05) is 45.1 Å². The molecule has 4 rings (SSSR count). The first-order valence-electron chi connectivity index (χ1n) is 10.1. The zero-order valence-corrected chi connectivity index (χ0v) is 18.5. The standard InChI is InChI=1S/C22H23ClN4O3S/c23-18-8-6-17(7-9-18)21-24-25-22(30-21)31-16-20(28)27-12-10-26(11-13-27)14-15-29-19-4-2-1-3-5-19/h1-9H,10-16H2. The van der Waals surface area contributed by atoms with E-state index in [9.17, 15) is 4.79 Å². The molecule has 0 saturated carbocycles. The summed E-state index contributed by atoms with van der Waals surface area (Å²) >= 11 is 7.16. The van der Waals surface area contributed by atoms with Crippen LogP contribution in [0, 0.1) is 0 Å². The Hall–Kier alpha value is -2.55. The molecule has 31 heavy (non-hydrogen) atoms. The summed E-state index contributed by atoms with van der Waals surface area (Å²) in [5.74, 6) is 1.65. The smallest absolute Gasteiger partial charge is 0.277 e. The summed E-state index contributed by atoms with van der Waals surface area (Å²) in [6, 6.07) is 17.0. The molecule has 0 radical (unpaired) electrons. The van der Waals surface area contributed by atoms with E-state index in [0.717, 1.165) is 30.9 Å². The largest absolute Gasteiger partial charge is 0.492 e. The molecule has 7 nitrogen and oxygen atoms in total. The fourth-order valence-corrected chi connectivity index (χ4v) is 4.01. The topological polar surface area (TPSA) is 71.7 Å². The van der Waals surface area contributed by atoms with E-state index in [0.29, 0.717) is 35.8 Å². The molecular formula is C22H23ClN4O3S. The molecular weight excluding hydrogens is 436 g/mol. The van der Waals surface area contributed by atoms with E-state index < -0.39 is 0 Å². The number of para-hydroxylation sites is 1. The van der Waals surface area contributed by atoms with Crippen molar-refractivity contribution in [1.29, 1.82) is 0 Å². The van der Waals surface area contributed by atoms with Crippen LogP contribution in [0.5, 0.6) is 5.75 Å². The summed E-state index contributed by atoms with van der Waals surface area (Å²) in [6.45, 7) is 4.60. The van der Waals surface area contributed by atoms with Crippen LogP contribution in [0.15, 0.2) is 64.2 Å². The normalized spacial score (nSPS) is 14.5. The number of carbonyl (C=O) groups is 1. The van der Waals surface area contributed by atoms with Gasteiger partial charge in [0.15, 0.2) is 0 Å². The third-order valence-electron chi connectivity index (χ3n) is 4.96. The van der Waals surface area contributed by atoms with E-state index >= 15 is 0 Å². The lowest BCUT2D eigenvalue weighted by Gasteiger charge is -2.34. The molecule has 1 fully saturated rings. The number of thioether (sulfide) groups is 1. The van der Waals surface area contributed by atoms with E-state index in [1.54, 1.807) is 12.1 Å². The number of rotatable bonds is 8. The quantitative estimate of drug-likeness (QED) is 0.476. The van der Waals surface area contributed by atoms with E-state index in [-0.39, 0.29) is 11.7 Å². The molecule has 0 spiro atoms. The molecule has 1 saturated heterocycles. The molecule has 1 amide bonds. The van der Waals surface area contributed by atoms with Crippen molar-refractivity contribution < 1.29 is 13.9 Å². The van der Waals surface area contributed by atoms with Crippen LogP contribution in [0.1, 0.15) is 0 Å². The van der Waals surface area contributed by atoms with Gasteiger partial charge in [-0.3, -0.25) is 9.69 Å². The van der Waals surface area contributed by atoms with Crippen molar-refractivity contribution in [3.8, 4) is 17.2 Å². The molecule has 0 atom stereocenters. The van der Waals surface area contributed by atoms with Crippen LogP contribution < -0.4 is 4.74 Å². The molecule has 1 aliphatic rings. The number of benzene rings is 2. The van der Waals surface area contributed by atoms with Crippen LogP contribution in [0.4, 0.5) is 0 Å². The fourth-order valence-electron chi connectivity index (χ4n) is 3.22. The second-order valence-electron chi connectivity index (χ2n) is 7.05. The lowest BCUT2D eigenvalue weighted by Crippen LogP contribution is -2.50. The Bertz CT molecular complexity index is 976. The van der Waals surface area contributed by atoms with Gasteiger partial charge < -0.3 is 14.1 Å². The zero-order chi connectivity index (χ0) is 21.5. The third-order valence-corrected chi connectivity index (χ3v) is 6.02. The van der Waals surface area contributed by atoms with Gasteiger partial charge in [0.1, 0.15) is 12.4 Å². The van der Waals surface area contributed by atoms with Crippen LogP contribution in [-0.2, 0) is 4.79 Å². The summed E-state index contributed by atoms with van der Waals surface area (Å²) in [4.78, 5) is 16.8. The number of piperazine rings is 1. The molecule has 0 bridgehead atoms. The highest BCUT2D eigenvalue weighted by Crippen LogP contribution is 2.24. The minimum Gasteiger partial charge on any atom is -0.492 e. The van der Waals surface area contributed by atoms with Gasteiger partial charge >= 0.3 is 0 Å². The Morgan fingerprint density at radius 3 is 2.52 bits per heavy atom. The number of nitrogens with zero attached hydrogens (tertiary/aromatic N) is 4. The second-order valence-corrected chi connectivity index (χ2v) is 8.42. The lowest BCUT2D eigenvalue weighted by atomic mass is 10.2. The summed E-state index contributed by atoms with van der Waals surface area (Å²) in [5, 5.41) is 9.10. The van der Waals surface area contributed by atoms with Crippen molar-refractivity contribution in [2.45, 2.75) is 5.22 Å². The predicted molar refractivity (Wildman–Crippen MR) is 120 cm³/mol. The molecule has 162 valence electrons. The molecule has 1 aromatic heterocycles. The van der Waals surface area contributed by atoms with Gasteiger partial charge in [0.25, 0.3) is 5.22 Å². The number of carbonyl (C=O) groups excluding carboxylic acids is 1. The average Bonchev–Trinajstić information content (AvgIpc) is 3.28. The SMILES string of the molecule is O=C(CSc1nnc(-c2ccc(Cl)cc2)o1)N1CCN(CCOc2ccccc2)CC1. The highest BCUT2D eigenvalue weighted by atomic mass is 35.5. The molecule has 3 aromatic rings. The van der Waals surface area contributed by atoms with E-state index in [2.05, 4.69) is 15.1 Å². The number of ether oxygens (including phenoxy) is 1. The average molecular weight is 459 g/mol. The van der Waals surface area contributed by atoms with Crippen molar-refractivity contribution in [3.63, 3.8) is 0 Å². The maximum atomic E-state index is 12.5. The zero-order valence-electron chi connectivity index (χ0n) is 16.9. The number of aromatic nitrogens is 2. The first-order chi connectivity index (χ1) is 15.2. The van der Waals surface area contributed by atoms with Gasteiger partial charge in [-0.15, -0.1) is 10.2 Å². The highest BCUT2D eigenvalue weighted by Gasteiger charge is 2.22. The van der Waals surface area contributed by atoms with E-state index in [4.69, 9.17) is 20.8 Å². The summed E-state index contributed by atoms with van der Waals surface area (Å²) in [5.41, 5.74) is 0.794. The minimum atomic E-state index is 0.0800. The molecule has 0 unspecified atom stereocenters. The van der Waals surface area contributed by atoms with Crippen LogP contribution in [0.25, 0.3) is 11.5 Å². The number of hydrogen-bond acceptors (Lipinski definition) is 7. The van der Waals surface area contributed by atoms with Gasteiger partial charge in [0, 0.05) is 43.3 Å². The molecule has 0 aliphatic carbocycles. The number of hydrogen-bond donors (Lipinski definition) is 0. The van der Waals surface area contributed by atoms with Gasteiger partial charge in [-0.1, -0.05) is 41.6 Å². The Balaban J connectivity index is 1.17. The van der Waals surface area contributed by atoms with Crippen LogP contribution in [0.2, 0.25) is 5.02 Å². The Kier molecular flexibility index (Phi) is 7.45. The van der Waals surface area contributed by atoms with E-state index in [1.165, 1.54) is 11.8 Å². The van der Waals surface area contributed by atoms with Crippen LogP contribution >= 0.6 is 23.4 Å².